The van der Waals surface area contributed by atoms with Gasteiger partial charge in [-0.2, -0.15) is 4.99 Å². The Morgan fingerprint density at radius 1 is 1.00 bits per heavy atom. The van der Waals surface area contributed by atoms with Crippen LogP contribution in [0.3, 0.4) is 0 Å². The quantitative estimate of drug-likeness (QED) is 0.623. The summed E-state index contributed by atoms with van der Waals surface area (Å²) in [6, 6.07) is 0.0486. The van der Waals surface area contributed by atoms with Crippen molar-refractivity contribution in [2.75, 3.05) is 27.4 Å². The van der Waals surface area contributed by atoms with Crippen molar-refractivity contribution in [3.8, 4) is 0 Å². The van der Waals surface area contributed by atoms with Crippen molar-refractivity contribution >= 4 is 18.5 Å². The second-order valence-electron chi connectivity index (χ2n) is 6.99. The van der Waals surface area contributed by atoms with E-state index in [0.29, 0.717) is 13.2 Å². The monoisotopic (exact) mass is 324 g/mol. The summed E-state index contributed by atoms with van der Waals surface area (Å²) in [6.07, 6.45) is 1.55. The molecule has 21 heavy (non-hydrogen) atoms. The predicted octanol–water partition coefficient (Wildman–Crippen LogP) is 2.81. The molecule has 2 N–H and O–H groups in total. The fourth-order valence-electron chi connectivity index (χ4n) is 1.13. The third kappa shape index (κ3) is 14.3. The van der Waals surface area contributed by atoms with Crippen LogP contribution in [0.5, 0.6) is 0 Å². The van der Waals surface area contributed by atoms with E-state index >= 15 is 0 Å². The van der Waals surface area contributed by atoms with Gasteiger partial charge >= 0.3 is 0 Å². The summed E-state index contributed by atoms with van der Waals surface area (Å²) in [6.45, 7) is 13.5. The summed E-state index contributed by atoms with van der Waals surface area (Å²) >= 11 is 0. The first-order valence-corrected chi connectivity index (χ1v) is 6.81. The third-order valence-corrected chi connectivity index (χ3v) is 2.99. The first-order valence-electron chi connectivity index (χ1n) is 6.81. The molecule has 0 aliphatic carbocycles. The van der Waals surface area contributed by atoms with Crippen molar-refractivity contribution in [2.45, 2.75) is 53.6 Å². The molecule has 0 saturated heterocycles. The third-order valence-electron chi connectivity index (χ3n) is 2.99. The minimum Gasteiger partial charge on any atom is -0.383 e. The average molecular weight is 325 g/mol. The van der Waals surface area contributed by atoms with E-state index in [1.807, 2.05) is 20.8 Å². The number of methoxy groups -OCH3 is 2. The molecule has 0 aliphatic heterocycles. The highest BCUT2D eigenvalue weighted by Gasteiger charge is 2.23. The SMILES string of the molecule is COC[C@@H](N)C(C)(C)C.COC[C@@H](N=C=O)C(C)(C)C.Cl. The molecule has 0 radical (unpaired) electrons. The van der Waals surface area contributed by atoms with Gasteiger partial charge in [0.05, 0.1) is 19.3 Å². The molecule has 0 aromatic heterocycles. The van der Waals surface area contributed by atoms with Gasteiger partial charge in [0.1, 0.15) is 0 Å². The number of nitrogens with two attached hydrogens (primary N) is 1. The number of nitrogens with zero attached hydrogens (tertiary/aromatic N) is 1. The molecule has 0 saturated carbocycles. The van der Waals surface area contributed by atoms with Gasteiger partial charge in [0.2, 0.25) is 6.08 Å². The number of carbonyl (C=O) groups excluding carboxylic acids is 1. The number of aliphatic imine (C=N–C) groups is 1. The summed E-state index contributed by atoms with van der Waals surface area (Å²) < 4.78 is 9.82. The van der Waals surface area contributed by atoms with Crippen molar-refractivity contribution < 1.29 is 14.3 Å². The van der Waals surface area contributed by atoms with Crippen LogP contribution in [0.2, 0.25) is 0 Å². The van der Waals surface area contributed by atoms with E-state index in [-0.39, 0.29) is 35.3 Å². The van der Waals surface area contributed by atoms with Crippen molar-refractivity contribution in [2.24, 2.45) is 21.6 Å². The maximum absolute atomic E-state index is 9.99. The van der Waals surface area contributed by atoms with Gasteiger partial charge in [0.15, 0.2) is 0 Å². The van der Waals surface area contributed by atoms with Gasteiger partial charge in [0.25, 0.3) is 0 Å². The normalized spacial score (nSPS) is 14.0. The molecule has 6 heteroatoms. The molecule has 0 aliphatic rings. The van der Waals surface area contributed by atoms with Gasteiger partial charge in [-0.05, 0) is 10.8 Å². The zero-order valence-corrected chi connectivity index (χ0v) is 15.5. The maximum Gasteiger partial charge on any atom is 0.235 e. The summed E-state index contributed by atoms with van der Waals surface area (Å²) in [5.74, 6) is 0. The van der Waals surface area contributed by atoms with Crippen molar-refractivity contribution in [1.29, 1.82) is 0 Å². The molecule has 128 valence electrons. The van der Waals surface area contributed by atoms with Gasteiger partial charge in [-0.3, -0.25) is 0 Å². The molecule has 0 fully saturated rings. The molecule has 0 bridgehead atoms. The average Bonchev–Trinajstić information content (AvgIpc) is 2.27. The van der Waals surface area contributed by atoms with Crippen molar-refractivity contribution in [1.82, 2.24) is 0 Å². The van der Waals surface area contributed by atoms with Crippen molar-refractivity contribution in [3.63, 3.8) is 0 Å². The van der Waals surface area contributed by atoms with E-state index in [1.54, 1.807) is 20.3 Å². The van der Waals surface area contributed by atoms with E-state index in [0.717, 1.165) is 0 Å². The number of isocyanates is 1. The van der Waals surface area contributed by atoms with Gasteiger partial charge < -0.3 is 15.2 Å². The minimum absolute atomic E-state index is 0. The predicted molar refractivity (Wildman–Crippen MR) is 89.8 cm³/mol. The molecular formula is C15H33ClN2O3. The standard InChI is InChI=1S/C8H15NO2.C7H17NO.ClH/c1-8(2,3)7(5-11-4)9-6-10;1-7(2,3)6(8)5-9-4;/h7H,5H2,1-4H3;6H,5,8H2,1-4H3;1H/t7-;6-;/m11./s1. The van der Waals surface area contributed by atoms with Crippen LogP contribution in [0.25, 0.3) is 0 Å². The molecule has 0 rings (SSSR count). The van der Waals surface area contributed by atoms with Crippen LogP contribution in [0.4, 0.5) is 0 Å². The number of rotatable bonds is 5. The molecule has 0 spiro atoms. The molecule has 0 unspecified atom stereocenters. The minimum atomic E-state index is -0.0926. The smallest absolute Gasteiger partial charge is 0.235 e. The first-order chi connectivity index (χ1) is 9.00. The Balaban J connectivity index is -0.000000300. The van der Waals surface area contributed by atoms with Crippen LogP contribution < -0.4 is 5.73 Å². The molecular weight excluding hydrogens is 292 g/mol. The van der Waals surface area contributed by atoms with Gasteiger partial charge in [-0.15, -0.1) is 12.4 Å². The number of ether oxygens (including phenoxy) is 2. The highest BCUT2D eigenvalue weighted by Crippen LogP contribution is 2.21. The van der Waals surface area contributed by atoms with Crippen LogP contribution in [-0.4, -0.2) is 45.6 Å². The van der Waals surface area contributed by atoms with Gasteiger partial charge in [-0.25, -0.2) is 4.79 Å². The van der Waals surface area contributed by atoms with Crippen LogP contribution in [0, 0.1) is 10.8 Å². The van der Waals surface area contributed by atoms with Crippen LogP contribution in [-0.2, 0) is 14.3 Å². The zero-order valence-electron chi connectivity index (χ0n) is 14.7. The highest BCUT2D eigenvalue weighted by atomic mass is 35.5. The Bertz CT molecular complexity index is 292. The highest BCUT2D eigenvalue weighted by molar-refractivity contribution is 5.85. The van der Waals surface area contributed by atoms with E-state index < -0.39 is 0 Å². The first kappa shape index (κ1) is 25.5. The Morgan fingerprint density at radius 2 is 1.43 bits per heavy atom. The zero-order chi connectivity index (χ0) is 16.4. The maximum atomic E-state index is 9.99. The van der Waals surface area contributed by atoms with Crippen molar-refractivity contribution in [3.05, 3.63) is 0 Å². The Labute approximate surface area is 136 Å². The molecule has 2 atom stereocenters. The lowest BCUT2D eigenvalue weighted by atomic mass is 9.88. The Morgan fingerprint density at radius 3 is 1.62 bits per heavy atom. The molecule has 0 aromatic carbocycles. The topological polar surface area (TPSA) is 73.9 Å². The van der Waals surface area contributed by atoms with E-state index in [4.69, 9.17) is 15.2 Å². The lowest BCUT2D eigenvalue weighted by Gasteiger charge is -2.25. The Kier molecular flexibility index (Phi) is 14.7. The molecule has 5 nitrogen and oxygen atoms in total. The summed E-state index contributed by atoms with van der Waals surface area (Å²) in [4.78, 5) is 13.6. The van der Waals surface area contributed by atoms with Crippen LogP contribution in [0.15, 0.2) is 4.99 Å². The number of halogens is 1. The van der Waals surface area contributed by atoms with E-state index in [9.17, 15) is 4.79 Å². The second-order valence-corrected chi connectivity index (χ2v) is 6.99. The summed E-state index contributed by atoms with van der Waals surface area (Å²) in [7, 11) is 3.27. The van der Waals surface area contributed by atoms with E-state index in [2.05, 4.69) is 25.8 Å². The van der Waals surface area contributed by atoms with Crippen LogP contribution in [0.1, 0.15) is 41.5 Å². The largest absolute Gasteiger partial charge is 0.383 e. The lowest BCUT2D eigenvalue weighted by molar-refractivity contribution is 0.135. The van der Waals surface area contributed by atoms with Gasteiger partial charge in [0, 0.05) is 20.3 Å². The molecule has 0 aromatic rings. The molecule has 0 heterocycles. The summed E-state index contributed by atoms with van der Waals surface area (Å²) in [5, 5.41) is 0. The molecule has 0 amide bonds. The number of hydrogen-bond donors (Lipinski definition) is 1. The number of hydrogen-bond acceptors (Lipinski definition) is 5. The van der Waals surface area contributed by atoms with Gasteiger partial charge in [-0.1, -0.05) is 41.5 Å². The lowest BCUT2D eigenvalue weighted by Crippen LogP contribution is -2.38. The fraction of sp³-hybridized carbons (Fsp3) is 0.933. The van der Waals surface area contributed by atoms with E-state index in [1.165, 1.54) is 0 Å². The Hall–Kier alpha value is -0.450. The summed E-state index contributed by atoms with van der Waals surface area (Å²) in [5.41, 5.74) is 5.86. The van der Waals surface area contributed by atoms with Crippen LogP contribution >= 0.6 is 12.4 Å². The fourth-order valence-corrected chi connectivity index (χ4v) is 1.13. The second kappa shape index (κ2) is 12.1.